The Morgan fingerprint density at radius 1 is 0.808 bits per heavy atom. The predicted molar refractivity (Wildman–Crippen MR) is 105 cm³/mol. The Labute approximate surface area is 151 Å². The number of aromatic amines is 1. The van der Waals surface area contributed by atoms with Crippen molar-refractivity contribution in [3.63, 3.8) is 0 Å². The van der Waals surface area contributed by atoms with E-state index in [0.29, 0.717) is 0 Å². The first-order valence-corrected chi connectivity index (χ1v) is 8.80. The lowest BCUT2D eigenvalue weighted by molar-refractivity contribution is 0.671. The Kier molecular flexibility index (Phi) is 3.53. The van der Waals surface area contributed by atoms with Crippen molar-refractivity contribution in [3.8, 4) is 0 Å². The first-order valence-electron chi connectivity index (χ1n) is 8.80. The molecule has 0 aliphatic carbocycles. The third-order valence-electron chi connectivity index (χ3n) is 4.76. The summed E-state index contributed by atoms with van der Waals surface area (Å²) in [6.07, 6.45) is 0.818. The first-order chi connectivity index (χ1) is 12.9. The lowest BCUT2D eigenvalue weighted by Gasteiger charge is -2.21. The topological polar surface area (TPSA) is 44.3 Å². The van der Waals surface area contributed by atoms with Gasteiger partial charge in [-0.3, -0.25) is 5.01 Å². The maximum Gasteiger partial charge on any atom is 0.132 e. The van der Waals surface area contributed by atoms with Gasteiger partial charge in [-0.15, -0.1) is 0 Å². The zero-order chi connectivity index (χ0) is 17.3. The smallest absolute Gasteiger partial charge is 0.132 e. The van der Waals surface area contributed by atoms with Crippen molar-refractivity contribution in [2.75, 3.05) is 5.01 Å². The van der Waals surface area contributed by atoms with Gasteiger partial charge in [-0.25, -0.2) is 4.98 Å². The standard InChI is InChI=1S/C22H18N4/c1-3-9-16(10-4-1)20-15-21(26(25-20)17-11-5-2-6-12-17)22-23-18-13-7-8-14-19(18)24-22/h1-14,21H,15H2,(H,23,24)/t21-/m1/s1. The molecule has 1 aliphatic heterocycles. The van der Waals surface area contributed by atoms with Gasteiger partial charge in [-0.2, -0.15) is 5.10 Å². The number of para-hydroxylation sites is 3. The van der Waals surface area contributed by atoms with Crippen LogP contribution in [0.2, 0.25) is 0 Å². The van der Waals surface area contributed by atoms with E-state index in [4.69, 9.17) is 10.1 Å². The fourth-order valence-corrected chi connectivity index (χ4v) is 3.48. The van der Waals surface area contributed by atoms with Crippen molar-refractivity contribution in [1.82, 2.24) is 9.97 Å². The highest BCUT2D eigenvalue weighted by atomic mass is 15.5. The van der Waals surface area contributed by atoms with E-state index in [9.17, 15) is 0 Å². The molecule has 1 aliphatic rings. The van der Waals surface area contributed by atoms with Gasteiger partial charge in [0, 0.05) is 6.42 Å². The van der Waals surface area contributed by atoms with E-state index in [0.717, 1.165) is 40.2 Å². The van der Waals surface area contributed by atoms with Gasteiger partial charge in [0.25, 0.3) is 0 Å². The zero-order valence-electron chi connectivity index (χ0n) is 14.2. The van der Waals surface area contributed by atoms with E-state index < -0.39 is 0 Å². The lowest BCUT2D eigenvalue weighted by Crippen LogP contribution is -2.19. The van der Waals surface area contributed by atoms with Crippen molar-refractivity contribution in [2.24, 2.45) is 5.10 Å². The van der Waals surface area contributed by atoms with Gasteiger partial charge in [0.05, 0.1) is 22.4 Å². The minimum atomic E-state index is 0.0556. The predicted octanol–water partition coefficient (Wildman–Crippen LogP) is 4.92. The Hall–Kier alpha value is -3.40. The largest absolute Gasteiger partial charge is 0.340 e. The molecular weight excluding hydrogens is 320 g/mol. The molecule has 0 amide bonds. The number of fused-ring (bicyclic) bond motifs is 1. The maximum atomic E-state index is 4.95. The van der Waals surface area contributed by atoms with Gasteiger partial charge < -0.3 is 4.98 Å². The molecule has 1 atom stereocenters. The van der Waals surface area contributed by atoms with E-state index in [1.165, 1.54) is 0 Å². The van der Waals surface area contributed by atoms with E-state index in [-0.39, 0.29) is 6.04 Å². The van der Waals surface area contributed by atoms with E-state index in [2.05, 4.69) is 52.5 Å². The van der Waals surface area contributed by atoms with Gasteiger partial charge in [0.15, 0.2) is 0 Å². The van der Waals surface area contributed by atoms with Crippen LogP contribution in [0.4, 0.5) is 5.69 Å². The van der Waals surface area contributed by atoms with Gasteiger partial charge in [0.2, 0.25) is 0 Å². The van der Waals surface area contributed by atoms with Crippen LogP contribution in [0.3, 0.4) is 0 Å². The third-order valence-corrected chi connectivity index (χ3v) is 4.76. The molecule has 0 radical (unpaired) electrons. The Morgan fingerprint density at radius 3 is 2.27 bits per heavy atom. The van der Waals surface area contributed by atoms with Crippen molar-refractivity contribution in [1.29, 1.82) is 0 Å². The normalized spacial score (nSPS) is 16.8. The van der Waals surface area contributed by atoms with Crippen molar-refractivity contribution in [2.45, 2.75) is 12.5 Å². The molecule has 0 saturated carbocycles. The molecule has 26 heavy (non-hydrogen) atoms. The van der Waals surface area contributed by atoms with Crippen LogP contribution >= 0.6 is 0 Å². The molecule has 4 aromatic rings. The second kappa shape index (κ2) is 6.15. The Bertz CT molecular complexity index is 1030. The number of H-pyrrole nitrogens is 1. The summed E-state index contributed by atoms with van der Waals surface area (Å²) in [5, 5.41) is 7.03. The molecule has 0 fully saturated rings. The summed E-state index contributed by atoms with van der Waals surface area (Å²) in [5.74, 6) is 0.949. The first kappa shape index (κ1) is 14.9. The fourth-order valence-electron chi connectivity index (χ4n) is 3.48. The number of nitrogens with zero attached hydrogens (tertiary/aromatic N) is 3. The number of hydrogen-bond acceptors (Lipinski definition) is 3. The molecular formula is C22H18N4. The molecule has 126 valence electrons. The molecule has 2 heterocycles. The minimum absolute atomic E-state index is 0.0556. The number of anilines is 1. The van der Waals surface area contributed by atoms with E-state index >= 15 is 0 Å². The van der Waals surface area contributed by atoms with Crippen LogP contribution in [-0.2, 0) is 0 Å². The average molecular weight is 338 g/mol. The molecule has 0 spiro atoms. The molecule has 4 nitrogen and oxygen atoms in total. The van der Waals surface area contributed by atoms with Crippen LogP contribution in [0, 0.1) is 0 Å². The van der Waals surface area contributed by atoms with E-state index in [1.54, 1.807) is 0 Å². The van der Waals surface area contributed by atoms with Crippen LogP contribution in [0.5, 0.6) is 0 Å². The monoisotopic (exact) mass is 338 g/mol. The van der Waals surface area contributed by atoms with Crippen LogP contribution in [0.15, 0.2) is 90.0 Å². The molecule has 0 saturated heterocycles. The maximum absolute atomic E-state index is 4.95. The highest BCUT2D eigenvalue weighted by Gasteiger charge is 2.32. The summed E-state index contributed by atoms with van der Waals surface area (Å²) in [7, 11) is 0. The van der Waals surface area contributed by atoms with Gasteiger partial charge >= 0.3 is 0 Å². The van der Waals surface area contributed by atoms with Crippen LogP contribution in [-0.4, -0.2) is 15.7 Å². The van der Waals surface area contributed by atoms with Gasteiger partial charge in [0.1, 0.15) is 11.9 Å². The summed E-state index contributed by atoms with van der Waals surface area (Å²) in [6, 6.07) is 28.9. The van der Waals surface area contributed by atoms with Gasteiger partial charge in [-0.05, 0) is 29.8 Å². The number of nitrogens with one attached hydrogen (secondary N) is 1. The molecule has 1 aromatic heterocycles. The molecule has 5 rings (SSSR count). The van der Waals surface area contributed by atoms with Crippen LogP contribution in [0.1, 0.15) is 23.9 Å². The third kappa shape index (κ3) is 2.56. The number of rotatable bonds is 3. The number of imidazole rings is 1. The molecule has 3 aromatic carbocycles. The Morgan fingerprint density at radius 2 is 1.50 bits per heavy atom. The molecule has 4 heteroatoms. The fraction of sp³-hybridized carbons (Fsp3) is 0.0909. The second-order valence-corrected chi connectivity index (χ2v) is 6.45. The second-order valence-electron chi connectivity index (χ2n) is 6.45. The molecule has 0 bridgehead atoms. The summed E-state index contributed by atoms with van der Waals surface area (Å²) in [4.78, 5) is 8.31. The van der Waals surface area contributed by atoms with E-state index in [1.807, 2.05) is 42.5 Å². The van der Waals surface area contributed by atoms with Crippen LogP contribution in [0.25, 0.3) is 11.0 Å². The summed E-state index contributed by atoms with van der Waals surface area (Å²) in [6.45, 7) is 0. The molecule has 1 N–H and O–H groups in total. The highest BCUT2D eigenvalue weighted by molar-refractivity contribution is 6.03. The SMILES string of the molecule is c1ccc(C2=NN(c3ccccc3)[C@@H](c3nc4ccccc4[nH]3)C2)cc1. The number of hydrogen-bond donors (Lipinski definition) is 1. The molecule has 0 unspecified atom stereocenters. The lowest BCUT2D eigenvalue weighted by atomic mass is 10.0. The van der Waals surface area contributed by atoms with Crippen molar-refractivity contribution < 1.29 is 0 Å². The van der Waals surface area contributed by atoms with Gasteiger partial charge in [-0.1, -0.05) is 60.7 Å². The number of hydrazone groups is 1. The quantitative estimate of drug-likeness (QED) is 0.576. The van der Waals surface area contributed by atoms with Crippen molar-refractivity contribution >= 4 is 22.4 Å². The summed E-state index contributed by atoms with van der Waals surface area (Å²) in [5.41, 5.74) is 5.36. The average Bonchev–Trinajstić information content (AvgIpc) is 3.33. The number of benzene rings is 3. The summed E-state index contributed by atoms with van der Waals surface area (Å²) >= 11 is 0. The number of aromatic nitrogens is 2. The highest BCUT2D eigenvalue weighted by Crippen LogP contribution is 2.36. The zero-order valence-corrected chi connectivity index (χ0v) is 14.2. The minimum Gasteiger partial charge on any atom is -0.340 e. The van der Waals surface area contributed by atoms with Crippen molar-refractivity contribution in [3.05, 3.63) is 96.3 Å². The van der Waals surface area contributed by atoms with Crippen LogP contribution < -0.4 is 5.01 Å². The Balaban J connectivity index is 1.59. The summed E-state index contributed by atoms with van der Waals surface area (Å²) < 4.78 is 0.